The number of rotatable bonds is 6. The molecule has 1 fully saturated rings. The zero-order chi connectivity index (χ0) is 16.2. The van der Waals surface area contributed by atoms with E-state index in [1.54, 1.807) is 18.0 Å². The van der Waals surface area contributed by atoms with E-state index in [1.165, 1.54) is 12.8 Å². The molecule has 0 bridgehead atoms. The van der Waals surface area contributed by atoms with E-state index in [0.29, 0.717) is 6.54 Å². The lowest BCUT2D eigenvalue weighted by Crippen LogP contribution is -2.35. The summed E-state index contributed by atoms with van der Waals surface area (Å²) < 4.78 is 7.69. The molecule has 5 nitrogen and oxygen atoms in total. The molecular formula is C17H24N4OS. The van der Waals surface area contributed by atoms with Crippen molar-refractivity contribution >= 4 is 17.7 Å². The summed E-state index contributed by atoms with van der Waals surface area (Å²) in [6.45, 7) is 11.1. The maximum Gasteiger partial charge on any atom is 0.228 e. The molecule has 0 spiro atoms. The Balaban J connectivity index is 1.84. The summed E-state index contributed by atoms with van der Waals surface area (Å²) >= 11 is 1.68. The Hall–Kier alpha value is -1.69. The molecule has 124 valence electrons. The van der Waals surface area contributed by atoms with Crippen LogP contribution in [0.4, 0.5) is 5.95 Å². The Morgan fingerprint density at radius 3 is 2.83 bits per heavy atom. The summed E-state index contributed by atoms with van der Waals surface area (Å²) in [5, 5.41) is 9.81. The Bertz CT molecular complexity index is 642. The van der Waals surface area contributed by atoms with Crippen molar-refractivity contribution in [3.63, 3.8) is 0 Å². The molecule has 1 saturated heterocycles. The highest BCUT2D eigenvalue weighted by Crippen LogP contribution is 2.27. The van der Waals surface area contributed by atoms with E-state index in [0.717, 1.165) is 47.2 Å². The van der Waals surface area contributed by atoms with E-state index < -0.39 is 0 Å². The van der Waals surface area contributed by atoms with Crippen molar-refractivity contribution in [2.45, 2.75) is 38.4 Å². The van der Waals surface area contributed by atoms with Gasteiger partial charge in [0.15, 0.2) is 5.16 Å². The second kappa shape index (κ2) is 7.25. The predicted octanol–water partition coefficient (Wildman–Crippen LogP) is 3.82. The highest BCUT2D eigenvalue weighted by molar-refractivity contribution is 7.99. The SMILES string of the molecule is C=C(C)CSc1nnc(N2CCC(C)CC2)n1Cc1ccco1. The molecule has 6 heteroatoms. The van der Waals surface area contributed by atoms with E-state index in [1.807, 2.05) is 19.1 Å². The fourth-order valence-corrected chi connectivity index (χ4v) is 3.49. The molecule has 0 atom stereocenters. The van der Waals surface area contributed by atoms with Gasteiger partial charge in [-0.2, -0.15) is 0 Å². The molecule has 0 unspecified atom stereocenters. The van der Waals surface area contributed by atoms with Gasteiger partial charge in [-0.1, -0.05) is 30.8 Å². The number of hydrogen-bond donors (Lipinski definition) is 0. The van der Waals surface area contributed by atoms with Crippen LogP contribution in [-0.2, 0) is 6.54 Å². The first-order valence-corrected chi connectivity index (χ1v) is 9.09. The molecule has 0 N–H and O–H groups in total. The standard InChI is InChI=1S/C17H24N4OS/c1-13(2)12-23-17-19-18-16(20-8-6-14(3)7-9-20)21(17)11-15-5-4-10-22-15/h4-5,10,14H,1,6-9,11-12H2,2-3H3. The Kier molecular flexibility index (Phi) is 5.10. The lowest BCUT2D eigenvalue weighted by atomic mass is 10.00. The second-order valence-electron chi connectivity index (χ2n) is 6.36. The maximum atomic E-state index is 5.53. The van der Waals surface area contributed by atoms with Crippen molar-refractivity contribution in [2.75, 3.05) is 23.7 Å². The van der Waals surface area contributed by atoms with Crippen molar-refractivity contribution < 1.29 is 4.42 Å². The van der Waals surface area contributed by atoms with Gasteiger partial charge in [-0.15, -0.1) is 10.2 Å². The quantitative estimate of drug-likeness (QED) is 0.594. The molecule has 0 saturated carbocycles. The zero-order valence-corrected chi connectivity index (χ0v) is 14.7. The van der Waals surface area contributed by atoms with Crippen LogP contribution in [0.3, 0.4) is 0 Å². The molecular weight excluding hydrogens is 308 g/mol. The van der Waals surface area contributed by atoms with Crippen LogP contribution >= 0.6 is 11.8 Å². The number of hydrogen-bond acceptors (Lipinski definition) is 5. The van der Waals surface area contributed by atoms with E-state index in [4.69, 9.17) is 4.42 Å². The number of thioether (sulfide) groups is 1. The Labute approximate surface area is 141 Å². The van der Waals surface area contributed by atoms with Gasteiger partial charge < -0.3 is 9.32 Å². The number of furan rings is 1. The van der Waals surface area contributed by atoms with Gasteiger partial charge in [0.05, 0.1) is 12.8 Å². The highest BCUT2D eigenvalue weighted by atomic mass is 32.2. The van der Waals surface area contributed by atoms with E-state index in [2.05, 4.69) is 33.2 Å². The molecule has 0 radical (unpaired) electrons. The van der Waals surface area contributed by atoms with Crippen LogP contribution in [0.15, 0.2) is 40.1 Å². The third-order valence-corrected chi connectivity index (χ3v) is 5.30. The van der Waals surface area contributed by atoms with E-state index in [-0.39, 0.29) is 0 Å². The molecule has 2 aromatic rings. The number of aromatic nitrogens is 3. The normalized spacial score (nSPS) is 16.0. The first kappa shape index (κ1) is 16.2. The smallest absolute Gasteiger partial charge is 0.228 e. The number of piperidine rings is 1. The first-order valence-electron chi connectivity index (χ1n) is 8.11. The minimum absolute atomic E-state index is 0.667. The summed E-state index contributed by atoms with van der Waals surface area (Å²) in [6, 6.07) is 3.91. The van der Waals surface area contributed by atoms with Gasteiger partial charge in [-0.3, -0.25) is 4.57 Å². The molecule has 3 rings (SSSR count). The van der Waals surface area contributed by atoms with Crippen LogP contribution in [0.1, 0.15) is 32.4 Å². The Morgan fingerprint density at radius 1 is 1.39 bits per heavy atom. The van der Waals surface area contributed by atoms with Crippen LogP contribution < -0.4 is 4.90 Å². The third kappa shape index (κ3) is 3.99. The van der Waals surface area contributed by atoms with E-state index >= 15 is 0 Å². The van der Waals surface area contributed by atoms with Gasteiger partial charge in [0.25, 0.3) is 0 Å². The average Bonchev–Trinajstić information content (AvgIpc) is 3.17. The summed E-state index contributed by atoms with van der Waals surface area (Å²) in [6.07, 6.45) is 4.13. The molecule has 23 heavy (non-hydrogen) atoms. The second-order valence-corrected chi connectivity index (χ2v) is 7.31. The average molecular weight is 332 g/mol. The largest absolute Gasteiger partial charge is 0.467 e. The maximum absolute atomic E-state index is 5.53. The monoisotopic (exact) mass is 332 g/mol. The minimum atomic E-state index is 0.667. The van der Waals surface area contributed by atoms with Crippen molar-refractivity contribution in [2.24, 2.45) is 5.92 Å². The van der Waals surface area contributed by atoms with Gasteiger partial charge >= 0.3 is 0 Å². The Morgan fingerprint density at radius 2 is 2.17 bits per heavy atom. The van der Waals surface area contributed by atoms with Crippen LogP contribution in [-0.4, -0.2) is 33.6 Å². The third-order valence-electron chi connectivity index (χ3n) is 4.11. The van der Waals surface area contributed by atoms with Gasteiger partial charge in [0.1, 0.15) is 5.76 Å². The van der Waals surface area contributed by atoms with Crippen LogP contribution in [0.2, 0.25) is 0 Å². The van der Waals surface area contributed by atoms with Crippen LogP contribution in [0, 0.1) is 5.92 Å². The van der Waals surface area contributed by atoms with Crippen molar-refractivity contribution in [3.05, 3.63) is 36.3 Å². The minimum Gasteiger partial charge on any atom is -0.467 e. The lowest BCUT2D eigenvalue weighted by Gasteiger charge is -2.31. The fourth-order valence-electron chi connectivity index (χ4n) is 2.71. The summed E-state index contributed by atoms with van der Waals surface area (Å²) in [5.41, 5.74) is 1.14. The molecule has 1 aliphatic rings. The van der Waals surface area contributed by atoms with Crippen LogP contribution in [0.25, 0.3) is 0 Å². The molecule has 0 aromatic carbocycles. The highest BCUT2D eigenvalue weighted by Gasteiger charge is 2.23. The molecule has 0 aliphatic carbocycles. The van der Waals surface area contributed by atoms with Crippen molar-refractivity contribution in [1.29, 1.82) is 0 Å². The van der Waals surface area contributed by atoms with Crippen LogP contribution in [0.5, 0.6) is 0 Å². The number of anilines is 1. The van der Waals surface area contributed by atoms with Gasteiger partial charge in [0.2, 0.25) is 5.95 Å². The van der Waals surface area contributed by atoms with Crippen molar-refractivity contribution in [1.82, 2.24) is 14.8 Å². The van der Waals surface area contributed by atoms with Gasteiger partial charge in [-0.05, 0) is 37.8 Å². The zero-order valence-electron chi connectivity index (χ0n) is 13.9. The first-order chi connectivity index (χ1) is 11.1. The fraction of sp³-hybridized carbons (Fsp3) is 0.529. The molecule has 1 aliphatic heterocycles. The van der Waals surface area contributed by atoms with Crippen molar-refractivity contribution in [3.8, 4) is 0 Å². The molecule has 2 aromatic heterocycles. The predicted molar refractivity (Wildman–Crippen MR) is 94.0 cm³/mol. The molecule has 3 heterocycles. The van der Waals surface area contributed by atoms with Gasteiger partial charge in [0, 0.05) is 18.8 Å². The molecule has 0 amide bonds. The summed E-state index contributed by atoms with van der Waals surface area (Å²) in [5.74, 6) is 3.53. The summed E-state index contributed by atoms with van der Waals surface area (Å²) in [4.78, 5) is 2.35. The summed E-state index contributed by atoms with van der Waals surface area (Å²) in [7, 11) is 0. The van der Waals surface area contributed by atoms with Gasteiger partial charge in [-0.25, -0.2) is 0 Å². The van der Waals surface area contributed by atoms with E-state index in [9.17, 15) is 0 Å². The lowest BCUT2D eigenvalue weighted by molar-refractivity contribution is 0.427. The topological polar surface area (TPSA) is 47.1 Å². The number of nitrogens with zero attached hydrogens (tertiary/aromatic N) is 4.